The molecule has 1 atom stereocenters. The first-order chi connectivity index (χ1) is 15.9. The first-order valence-corrected chi connectivity index (χ1v) is 12.6. The highest BCUT2D eigenvalue weighted by atomic mass is 32.1. The Bertz CT molecular complexity index is 1130. The molecule has 0 aliphatic carbocycles. The van der Waals surface area contributed by atoms with Crippen molar-refractivity contribution in [1.82, 2.24) is 9.13 Å². The third kappa shape index (κ3) is 5.03. The van der Waals surface area contributed by atoms with Crippen LogP contribution in [0.1, 0.15) is 77.5 Å². The molecule has 7 heteroatoms. The van der Waals surface area contributed by atoms with Crippen molar-refractivity contribution in [1.29, 1.82) is 0 Å². The summed E-state index contributed by atoms with van der Waals surface area (Å²) in [6.07, 6.45) is 4.88. The molecule has 1 unspecified atom stereocenters. The SMILES string of the molecule is CCCCn1c(O)c(C2C=C(C)c3ccc(N(CC)CC)cc3O2)c(=O)n(CCCC)c1=S. The molecule has 0 bridgehead atoms. The van der Waals surface area contributed by atoms with Crippen molar-refractivity contribution in [2.75, 3.05) is 18.0 Å². The maximum Gasteiger partial charge on any atom is 0.265 e. The van der Waals surface area contributed by atoms with Gasteiger partial charge in [0.2, 0.25) is 5.88 Å². The number of benzene rings is 1. The second kappa shape index (κ2) is 11.1. The van der Waals surface area contributed by atoms with Crippen LogP contribution in [0.5, 0.6) is 11.6 Å². The minimum absolute atomic E-state index is 0.0800. The lowest BCUT2D eigenvalue weighted by Crippen LogP contribution is -2.32. The van der Waals surface area contributed by atoms with Crippen LogP contribution in [0.15, 0.2) is 29.1 Å². The fourth-order valence-corrected chi connectivity index (χ4v) is 4.69. The average molecular weight is 472 g/mol. The van der Waals surface area contributed by atoms with E-state index < -0.39 is 6.10 Å². The second-order valence-corrected chi connectivity index (χ2v) is 8.94. The fraction of sp³-hybridized carbons (Fsp3) is 0.538. The number of unbranched alkanes of at least 4 members (excludes halogenated alkanes) is 2. The largest absolute Gasteiger partial charge is 0.494 e. The number of allylic oxidation sites excluding steroid dienone is 1. The van der Waals surface area contributed by atoms with Crippen molar-refractivity contribution in [3.8, 4) is 11.6 Å². The van der Waals surface area contributed by atoms with Crippen LogP contribution in [0.3, 0.4) is 0 Å². The van der Waals surface area contributed by atoms with E-state index in [0.717, 1.165) is 61.3 Å². The van der Waals surface area contributed by atoms with Crippen LogP contribution in [0.25, 0.3) is 5.57 Å². The summed E-state index contributed by atoms with van der Waals surface area (Å²) >= 11 is 5.62. The van der Waals surface area contributed by atoms with Crippen molar-refractivity contribution >= 4 is 23.5 Å². The predicted octanol–water partition coefficient (Wildman–Crippen LogP) is 6.07. The lowest BCUT2D eigenvalue weighted by atomic mass is 9.98. The molecular weight excluding hydrogens is 434 g/mol. The van der Waals surface area contributed by atoms with Crippen LogP contribution in [0, 0.1) is 4.77 Å². The Morgan fingerprint density at radius 3 is 2.30 bits per heavy atom. The molecule has 2 aromatic rings. The summed E-state index contributed by atoms with van der Waals surface area (Å²) in [4.78, 5) is 15.8. The molecule has 1 aromatic carbocycles. The molecule has 1 aliphatic rings. The van der Waals surface area contributed by atoms with Crippen molar-refractivity contribution < 1.29 is 9.84 Å². The molecule has 2 heterocycles. The summed E-state index contributed by atoms with van der Waals surface area (Å²) in [6.45, 7) is 13.3. The third-order valence-electron chi connectivity index (χ3n) is 6.36. The number of hydrogen-bond acceptors (Lipinski definition) is 5. The molecule has 1 aliphatic heterocycles. The normalized spacial score (nSPS) is 15.1. The number of fused-ring (bicyclic) bond motifs is 1. The van der Waals surface area contributed by atoms with Crippen molar-refractivity contribution in [2.45, 2.75) is 79.5 Å². The standard InChI is InChI=1S/C26H37N3O3S/c1-6-10-14-28-24(30)23(25(31)29(26(28)33)15-11-7-2)22-16-18(5)20-13-12-19(17-21(20)32-22)27(8-3)9-4/h12-13,16-17,22,30H,6-11,14-15H2,1-5H3. The van der Waals surface area contributed by atoms with E-state index in [1.54, 1.807) is 9.13 Å². The van der Waals surface area contributed by atoms with Crippen molar-refractivity contribution in [3.05, 3.63) is 50.5 Å². The zero-order chi connectivity index (χ0) is 24.1. The van der Waals surface area contributed by atoms with Crippen LogP contribution < -0.4 is 15.2 Å². The summed E-state index contributed by atoms with van der Waals surface area (Å²) in [6, 6.07) is 6.20. The van der Waals surface area contributed by atoms with Gasteiger partial charge in [-0.25, -0.2) is 0 Å². The van der Waals surface area contributed by atoms with E-state index in [2.05, 4.69) is 44.7 Å². The first kappa shape index (κ1) is 25.1. The third-order valence-corrected chi connectivity index (χ3v) is 6.80. The van der Waals surface area contributed by atoms with E-state index in [1.165, 1.54) is 0 Å². The molecule has 0 spiro atoms. The zero-order valence-corrected chi connectivity index (χ0v) is 21.4. The van der Waals surface area contributed by atoms with E-state index >= 15 is 0 Å². The van der Waals surface area contributed by atoms with Crippen molar-refractivity contribution in [2.24, 2.45) is 0 Å². The van der Waals surface area contributed by atoms with E-state index in [1.807, 2.05) is 19.1 Å². The lowest BCUT2D eigenvalue weighted by molar-refractivity contribution is 0.236. The Balaban J connectivity index is 2.13. The van der Waals surface area contributed by atoms with Gasteiger partial charge in [0, 0.05) is 43.5 Å². The van der Waals surface area contributed by atoms with E-state index in [0.29, 0.717) is 17.9 Å². The molecule has 0 saturated carbocycles. The van der Waals surface area contributed by atoms with Gasteiger partial charge in [0.15, 0.2) is 10.9 Å². The van der Waals surface area contributed by atoms with E-state index in [9.17, 15) is 9.90 Å². The quantitative estimate of drug-likeness (QED) is 0.426. The second-order valence-electron chi connectivity index (χ2n) is 8.58. The Labute approximate surface area is 202 Å². The average Bonchev–Trinajstić information content (AvgIpc) is 2.79. The Morgan fingerprint density at radius 2 is 1.70 bits per heavy atom. The molecule has 0 amide bonds. The molecule has 0 saturated heterocycles. The lowest BCUT2D eigenvalue weighted by Gasteiger charge is -2.28. The van der Waals surface area contributed by atoms with Gasteiger partial charge in [-0.15, -0.1) is 0 Å². The number of nitrogens with zero attached hydrogens (tertiary/aromatic N) is 3. The monoisotopic (exact) mass is 471 g/mol. The molecule has 33 heavy (non-hydrogen) atoms. The molecule has 1 aromatic heterocycles. The summed E-state index contributed by atoms with van der Waals surface area (Å²) in [7, 11) is 0. The maximum absolute atomic E-state index is 13.5. The minimum Gasteiger partial charge on any atom is -0.494 e. The number of aromatic nitrogens is 2. The smallest absolute Gasteiger partial charge is 0.265 e. The molecule has 1 N–H and O–H groups in total. The van der Waals surface area contributed by atoms with Crippen LogP contribution in [0.4, 0.5) is 5.69 Å². The number of ether oxygens (including phenoxy) is 1. The topological polar surface area (TPSA) is 59.6 Å². The van der Waals surface area contributed by atoms with Gasteiger partial charge in [0.05, 0.1) is 0 Å². The van der Waals surface area contributed by atoms with Gasteiger partial charge in [-0.05, 0) is 69.6 Å². The molecule has 0 radical (unpaired) electrons. The van der Waals surface area contributed by atoms with E-state index in [4.69, 9.17) is 17.0 Å². The zero-order valence-electron chi connectivity index (χ0n) is 20.6. The minimum atomic E-state index is -0.673. The number of aromatic hydroxyl groups is 1. The van der Waals surface area contributed by atoms with Gasteiger partial charge in [0.1, 0.15) is 11.3 Å². The highest BCUT2D eigenvalue weighted by Crippen LogP contribution is 2.40. The molecule has 3 rings (SSSR count). The van der Waals surface area contributed by atoms with Crippen LogP contribution in [-0.4, -0.2) is 27.3 Å². The van der Waals surface area contributed by atoms with Crippen LogP contribution in [0.2, 0.25) is 0 Å². The predicted molar refractivity (Wildman–Crippen MR) is 138 cm³/mol. The van der Waals surface area contributed by atoms with Gasteiger partial charge in [-0.2, -0.15) is 0 Å². The van der Waals surface area contributed by atoms with Crippen molar-refractivity contribution in [3.63, 3.8) is 0 Å². The van der Waals surface area contributed by atoms with Crippen LogP contribution in [-0.2, 0) is 13.1 Å². The summed E-state index contributed by atoms with van der Waals surface area (Å²) in [5.41, 5.74) is 3.10. The van der Waals surface area contributed by atoms with Gasteiger partial charge < -0.3 is 14.7 Å². The van der Waals surface area contributed by atoms with Gasteiger partial charge in [-0.1, -0.05) is 26.7 Å². The molecule has 180 valence electrons. The maximum atomic E-state index is 13.5. The number of anilines is 1. The summed E-state index contributed by atoms with van der Waals surface area (Å²) in [5.74, 6) is 0.648. The Hall–Kier alpha value is -2.54. The Morgan fingerprint density at radius 1 is 1.06 bits per heavy atom. The van der Waals surface area contributed by atoms with Gasteiger partial charge >= 0.3 is 0 Å². The molecular formula is C26H37N3O3S. The van der Waals surface area contributed by atoms with Gasteiger partial charge in [0.25, 0.3) is 5.56 Å². The Kier molecular flexibility index (Phi) is 8.40. The summed E-state index contributed by atoms with van der Waals surface area (Å²) in [5, 5.41) is 11.2. The molecule has 6 nitrogen and oxygen atoms in total. The fourth-order valence-electron chi connectivity index (χ4n) is 4.34. The highest BCUT2D eigenvalue weighted by Gasteiger charge is 2.29. The van der Waals surface area contributed by atoms with Gasteiger partial charge in [-0.3, -0.25) is 13.9 Å². The first-order valence-electron chi connectivity index (χ1n) is 12.2. The number of rotatable bonds is 10. The van der Waals surface area contributed by atoms with E-state index in [-0.39, 0.29) is 17.0 Å². The van der Waals surface area contributed by atoms with Crippen LogP contribution >= 0.6 is 12.2 Å². The summed E-state index contributed by atoms with van der Waals surface area (Å²) < 4.78 is 10.1. The highest BCUT2D eigenvalue weighted by molar-refractivity contribution is 7.71. The number of hydrogen-bond donors (Lipinski definition) is 1. The molecule has 0 fully saturated rings.